The van der Waals surface area contributed by atoms with Crippen LogP contribution < -0.4 is 0 Å². The Bertz CT molecular complexity index is 184. The van der Waals surface area contributed by atoms with Gasteiger partial charge in [0.15, 0.2) is 0 Å². The van der Waals surface area contributed by atoms with Crippen LogP contribution in [-0.2, 0) is 9.53 Å². The molecule has 2 unspecified atom stereocenters. The third-order valence-electron chi connectivity index (χ3n) is 2.42. The third-order valence-corrected chi connectivity index (χ3v) is 2.42. The molecule has 1 rings (SSSR count). The van der Waals surface area contributed by atoms with Gasteiger partial charge in [0, 0.05) is 6.92 Å². The highest BCUT2D eigenvalue weighted by Crippen LogP contribution is 2.24. The first-order chi connectivity index (χ1) is 5.70. The molecule has 2 heteroatoms. The molecule has 2 atom stereocenters. The molecule has 2 nitrogen and oxygen atoms in total. The van der Waals surface area contributed by atoms with Crippen molar-refractivity contribution in [1.29, 1.82) is 0 Å². The lowest BCUT2D eigenvalue weighted by Gasteiger charge is -2.24. The van der Waals surface area contributed by atoms with E-state index in [1.807, 2.05) is 0 Å². The molecule has 0 aliphatic heterocycles. The van der Waals surface area contributed by atoms with E-state index in [9.17, 15) is 4.79 Å². The van der Waals surface area contributed by atoms with E-state index in [1.54, 1.807) is 0 Å². The Kier molecular flexibility index (Phi) is 3.32. The summed E-state index contributed by atoms with van der Waals surface area (Å²) in [5.74, 6) is 1.00. The zero-order chi connectivity index (χ0) is 8.97. The number of hydrogen-bond acceptors (Lipinski definition) is 2. The van der Waals surface area contributed by atoms with Gasteiger partial charge in [0.05, 0.1) is 6.61 Å². The number of carbonyl (C=O) groups excluding carboxylic acids is 1. The molecular formula is C10H16O2. The van der Waals surface area contributed by atoms with Crippen molar-refractivity contribution in [2.75, 3.05) is 6.61 Å². The van der Waals surface area contributed by atoms with Crippen LogP contribution in [0.3, 0.4) is 0 Å². The molecule has 0 N–H and O–H groups in total. The van der Waals surface area contributed by atoms with E-state index in [0.29, 0.717) is 18.4 Å². The Balaban J connectivity index is 2.31. The Morgan fingerprint density at radius 2 is 2.17 bits per heavy atom. The van der Waals surface area contributed by atoms with Crippen molar-refractivity contribution in [3.05, 3.63) is 12.2 Å². The summed E-state index contributed by atoms with van der Waals surface area (Å²) < 4.78 is 4.98. The maximum Gasteiger partial charge on any atom is 0.302 e. The third kappa shape index (κ3) is 2.68. The number of esters is 1. The summed E-state index contributed by atoms with van der Waals surface area (Å²) in [6.07, 6.45) is 6.55. The molecule has 0 fully saturated rings. The van der Waals surface area contributed by atoms with Crippen LogP contribution in [0.25, 0.3) is 0 Å². The smallest absolute Gasteiger partial charge is 0.302 e. The lowest BCUT2D eigenvalue weighted by atomic mass is 9.85. The summed E-state index contributed by atoms with van der Waals surface area (Å²) in [4.78, 5) is 10.6. The zero-order valence-corrected chi connectivity index (χ0v) is 7.75. The molecule has 0 aromatic carbocycles. The quantitative estimate of drug-likeness (QED) is 0.466. The summed E-state index contributed by atoms with van der Waals surface area (Å²) in [6, 6.07) is 0. The fourth-order valence-corrected chi connectivity index (χ4v) is 1.46. The zero-order valence-electron chi connectivity index (χ0n) is 7.75. The number of rotatable bonds is 2. The molecule has 0 bridgehead atoms. The maximum absolute atomic E-state index is 10.6. The molecule has 0 amide bonds. The summed E-state index contributed by atoms with van der Waals surface area (Å²) in [5, 5.41) is 0. The predicted molar refractivity (Wildman–Crippen MR) is 47.7 cm³/mol. The van der Waals surface area contributed by atoms with Crippen LogP contribution in [0.4, 0.5) is 0 Å². The summed E-state index contributed by atoms with van der Waals surface area (Å²) in [7, 11) is 0. The maximum atomic E-state index is 10.6. The molecule has 0 spiro atoms. The van der Waals surface area contributed by atoms with Gasteiger partial charge < -0.3 is 4.74 Å². The van der Waals surface area contributed by atoms with Crippen LogP contribution in [0.2, 0.25) is 0 Å². The standard InChI is InChI=1S/C10H16O2/c1-8-5-3-4-6-10(8)7-12-9(2)11/h3-4,8,10H,5-7H2,1-2H3. The fourth-order valence-electron chi connectivity index (χ4n) is 1.46. The van der Waals surface area contributed by atoms with E-state index in [-0.39, 0.29) is 5.97 Å². The van der Waals surface area contributed by atoms with Crippen LogP contribution in [0.5, 0.6) is 0 Å². The largest absolute Gasteiger partial charge is 0.466 e. The first-order valence-electron chi connectivity index (χ1n) is 4.48. The Hall–Kier alpha value is -0.790. The minimum absolute atomic E-state index is 0.170. The van der Waals surface area contributed by atoms with Gasteiger partial charge in [-0.3, -0.25) is 4.79 Å². The van der Waals surface area contributed by atoms with Gasteiger partial charge in [0.2, 0.25) is 0 Å². The van der Waals surface area contributed by atoms with Gasteiger partial charge in [0.25, 0.3) is 0 Å². The molecule has 12 heavy (non-hydrogen) atoms. The van der Waals surface area contributed by atoms with Crippen molar-refractivity contribution in [3.63, 3.8) is 0 Å². The van der Waals surface area contributed by atoms with E-state index >= 15 is 0 Å². The van der Waals surface area contributed by atoms with Gasteiger partial charge in [-0.05, 0) is 24.7 Å². The Morgan fingerprint density at radius 3 is 2.75 bits per heavy atom. The molecule has 1 aliphatic rings. The molecule has 0 saturated carbocycles. The van der Waals surface area contributed by atoms with Gasteiger partial charge in [-0.15, -0.1) is 0 Å². The van der Waals surface area contributed by atoms with Gasteiger partial charge in [-0.1, -0.05) is 19.1 Å². The topological polar surface area (TPSA) is 26.3 Å². The highest BCUT2D eigenvalue weighted by atomic mass is 16.5. The molecule has 0 aromatic heterocycles. The van der Waals surface area contributed by atoms with Crippen LogP contribution in [0.1, 0.15) is 26.7 Å². The van der Waals surface area contributed by atoms with Crippen LogP contribution in [0, 0.1) is 11.8 Å². The minimum Gasteiger partial charge on any atom is -0.466 e. The molecule has 0 aromatic rings. The van der Waals surface area contributed by atoms with Gasteiger partial charge in [-0.25, -0.2) is 0 Å². The SMILES string of the molecule is CC(=O)OCC1CC=CCC1C. The van der Waals surface area contributed by atoms with Crippen molar-refractivity contribution >= 4 is 5.97 Å². The normalized spacial score (nSPS) is 28.5. The Labute approximate surface area is 73.6 Å². The first kappa shape index (κ1) is 9.30. The van der Waals surface area contributed by atoms with Crippen LogP contribution in [-0.4, -0.2) is 12.6 Å². The van der Waals surface area contributed by atoms with E-state index in [2.05, 4.69) is 19.1 Å². The molecule has 0 saturated heterocycles. The Morgan fingerprint density at radius 1 is 1.50 bits per heavy atom. The summed E-state index contributed by atoms with van der Waals surface area (Å²) in [5.41, 5.74) is 0. The molecule has 0 heterocycles. The van der Waals surface area contributed by atoms with Crippen molar-refractivity contribution in [2.24, 2.45) is 11.8 Å². The summed E-state index contributed by atoms with van der Waals surface area (Å²) >= 11 is 0. The van der Waals surface area contributed by atoms with Crippen molar-refractivity contribution < 1.29 is 9.53 Å². The monoisotopic (exact) mass is 168 g/mol. The van der Waals surface area contributed by atoms with Crippen molar-refractivity contribution in [3.8, 4) is 0 Å². The van der Waals surface area contributed by atoms with Crippen LogP contribution >= 0.6 is 0 Å². The lowest BCUT2D eigenvalue weighted by Crippen LogP contribution is -2.20. The van der Waals surface area contributed by atoms with E-state index in [1.165, 1.54) is 6.92 Å². The van der Waals surface area contributed by atoms with E-state index < -0.39 is 0 Å². The second kappa shape index (κ2) is 4.29. The van der Waals surface area contributed by atoms with Gasteiger partial charge in [-0.2, -0.15) is 0 Å². The highest BCUT2D eigenvalue weighted by molar-refractivity contribution is 5.65. The second-order valence-corrected chi connectivity index (χ2v) is 3.48. The minimum atomic E-state index is -0.170. The number of hydrogen-bond donors (Lipinski definition) is 0. The number of carbonyl (C=O) groups is 1. The molecule has 0 radical (unpaired) electrons. The van der Waals surface area contributed by atoms with Gasteiger partial charge in [0.1, 0.15) is 0 Å². The first-order valence-corrected chi connectivity index (χ1v) is 4.48. The molecular weight excluding hydrogens is 152 g/mol. The van der Waals surface area contributed by atoms with Crippen LogP contribution in [0.15, 0.2) is 12.2 Å². The van der Waals surface area contributed by atoms with E-state index in [0.717, 1.165) is 12.8 Å². The second-order valence-electron chi connectivity index (χ2n) is 3.48. The number of ether oxygens (including phenoxy) is 1. The van der Waals surface area contributed by atoms with Crippen molar-refractivity contribution in [1.82, 2.24) is 0 Å². The highest BCUT2D eigenvalue weighted by Gasteiger charge is 2.18. The molecule has 68 valence electrons. The molecule has 1 aliphatic carbocycles. The van der Waals surface area contributed by atoms with Crippen molar-refractivity contribution in [2.45, 2.75) is 26.7 Å². The fraction of sp³-hybridized carbons (Fsp3) is 0.700. The number of allylic oxidation sites excluding steroid dienone is 2. The lowest BCUT2D eigenvalue weighted by molar-refractivity contribution is -0.142. The average molecular weight is 168 g/mol. The predicted octanol–water partition coefficient (Wildman–Crippen LogP) is 2.15. The summed E-state index contributed by atoms with van der Waals surface area (Å²) in [6.45, 7) is 4.25. The average Bonchev–Trinajstić information content (AvgIpc) is 2.03. The van der Waals surface area contributed by atoms with Gasteiger partial charge >= 0.3 is 5.97 Å². The van der Waals surface area contributed by atoms with E-state index in [4.69, 9.17) is 4.74 Å².